The van der Waals surface area contributed by atoms with Gasteiger partial charge >= 0.3 is 0 Å². The number of phenols is 2. The molecule has 8 heteroatoms. The van der Waals surface area contributed by atoms with E-state index in [1.54, 1.807) is 25.1 Å². The molecule has 2 unspecified atom stereocenters. The average Bonchev–Trinajstić information content (AvgIpc) is 3.35. The topological polar surface area (TPSA) is 62.2 Å². The molecule has 0 aromatic heterocycles. The fourth-order valence-electron chi connectivity index (χ4n) is 5.04. The van der Waals surface area contributed by atoms with Crippen LogP contribution in [0.5, 0.6) is 23.0 Å². The number of phenolic OH excluding ortho intramolecular Hbond substituents is 2. The Labute approximate surface area is 213 Å². The van der Waals surface area contributed by atoms with Crippen LogP contribution in [0.3, 0.4) is 0 Å². The Morgan fingerprint density at radius 3 is 2.51 bits per heavy atom. The largest absolute Gasteiger partial charge is 0.508 e. The van der Waals surface area contributed by atoms with Gasteiger partial charge < -0.3 is 19.7 Å². The molecule has 194 valence electrons. The number of ether oxygens (including phenoxy) is 2. The van der Waals surface area contributed by atoms with Crippen molar-refractivity contribution in [3.8, 4) is 23.0 Å². The maximum atomic E-state index is 15.0. The highest BCUT2D eigenvalue weighted by atomic mass is 19.1. The minimum Gasteiger partial charge on any atom is -0.508 e. The van der Waals surface area contributed by atoms with Gasteiger partial charge in [0.05, 0.1) is 6.67 Å². The molecular weight excluding hydrogens is 483 g/mol. The Morgan fingerprint density at radius 2 is 1.78 bits per heavy atom. The lowest BCUT2D eigenvalue weighted by molar-refractivity contribution is 0.228. The molecule has 1 saturated heterocycles. The van der Waals surface area contributed by atoms with Gasteiger partial charge in [0.1, 0.15) is 35.8 Å². The molecule has 0 radical (unpaired) electrons. The second-order valence-corrected chi connectivity index (χ2v) is 9.53. The van der Waals surface area contributed by atoms with Gasteiger partial charge in [-0.2, -0.15) is 0 Å². The van der Waals surface area contributed by atoms with Crippen LogP contribution in [0.15, 0.2) is 54.6 Å². The maximum absolute atomic E-state index is 15.0. The zero-order chi connectivity index (χ0) is 26.1. The number of fused-ring (bicyclic) bond motifs is 1. The molecule has 0 bridgehead atoms. The number of nitrogens with zero attached hydrogens (tertiary/aromatic N) is 1. The van der Waals surface area contributed by atoms with Crippen molar-refractivity contribution >= 4 is 11.1 Å². The van der Waals surface area contributed by atoms with Crippen molar-refractivity contribution in [3.05, 3.63) is 82.9 Å². The second kappa shape index (κ2) is 10.4. The van der Waals surface area contributed by atoms with E-state index in [0.717, 1.165) is 25.6 Å². The molecule has 3 aromatic rings. The van der Waals surface area contributed by atoms with Crippen LogP contribution in [0.2, 0.25) is 0 Å². The van der Waals surface area contributed by atoms with Crippen molar-refractivity contribution < 1.29 is 32.9 Å². The molecule has 2 aliphatic heterocycles. The van der Waals surface area contributed by atoms with Gasteiger partial charge in [-0.05, 0) is 67.4 Å². The lowest BCUT2D eigenvalue weighted by Crippen LogP contribution is -2.26. The third kappa shape index (κ3) is 5.11. The molecule has 0 amide bonds. The van der Waals surface area contributed by atoms with Gasteiger partial charge in [0, 0.05) is 41.8 Å². The highest BCUT2D eigenvalue weighted by Gasteiger charge is 2.32. The maximum Gasteiger partial charge on any atom is 0.167 e. The quantitative estimate of drug-likeness (QED) is 0.401. The van der Waals surface area contributed by atoms with Crippen LogP contribution in [-0.2, 0) is 0 Å². The first-order valence-corrected chi connectivity index (χ1v) is 12.2. The number of rotatable bonds is 7. The summed E-state index contributed by atoms with van der Waals surface area (Å²) in [4.78, 5) is 2.19. The molecule has 5 nitrogen and oxygen atoms in total. The highest BCUT2D eigenvalue weighted by molar-refractivity contribution is 5.96. The second-order valence-electron chi connectivity index (χ2n) is 9.53. The number of hydrogen-bond donors (Lipinski definition) is 2. The van der Waals surface area contributed by atoms with Crippen LogP contribution in [0, 0.1) is 17.6 Å². The van der Waals surface area contributed by atoms with E-state index in [9.17, 15) is 23.4 Å². The van der Waals surface area contributed by atoms with Gasteiger partial charge in [0.2, 0.25) is 0 Å². The van der Waals surface area contributed by atoms with Crippen LogP contribution < -0.4 is 9.47 Å². The fourth-order valence-corrected chi connectivity index (χ4v) is 5.04. The van der Waals surface area contributed by atoms with Gasteiger partial charge in [0.15, 0.2) is 11.6 Å². The van der Waals surface area contributed by atoms with E-state index in [-0.39, 0.29) is 23.9 Å². The van der Waals surface area contributed by atoms with Crippen LogP contribution in [0.1, 0.15) is 36.1 Å². The molecule has 2 atom stereocenters. The molecule has 1 fully saturated rings. The average molecular weight is 512 g/mol. The van der Waals surface area contributed by atoms with Crippen molar-refractivity contribution in [3.63, 3.8) is 0 Å². The first kappa shape index (κ1) is 25.0. The van der Waals surface area contributed by atoms with Gasteiger partial charge in [-0.3, -0.25) is 9.29 Å². The van der Waals surface area contributed by atoms with E-state index >= 15 is 0 Å². The monoisotopic (exact) mass is 511 g/mol. The summed E-state index contributed by atoms with van der Waals surface area (Å²) in [5, 5.41) is 20.0. The van der Waals surface area contributed by atoms with Crippen molar-refractivity contribution in [2.75, 3.05) is 32.9 Å². The van der Waals surface area contributed by atoms with Crippen LogP contribution in [0.25, 0.3) is 11.1 Å². The summed E-state index contributed by atoms with van der Waals surface area (Å²) < 4.78 is 53.8. The summed E-state index contributed by atoms with van der Waals surface area (Å²) >= 11 is 0. The SMILES string of the molecule is CC1=C(c2cc(O)c(F)cc2F)C(c2ccc(OCCN3CCC(CF)C3)cc2)Oc2ccc(O)cc21. The number of aromatic hydroxyl groups is 2. The number of halogens is 3. The van der Waals surface area contributed by atoms with Crippen LogP contribution in [-0.4, -0.2) is 48.0 Å². The number of allylic oxidation sites excluding steroid dienone is 1. The number of benzene rings is 3. The molecular formula is C29H28F3NO4. The third-order valence-electron chi connectivity index (χ3n) is 7.05. The molecule has 3 aromatic carbocycles. The summed E-state index contributed by atoms with van der Waals surface area (Å²) in [6, 6.07) is 13.6. The normalized spacial score (nSPS) is 19.6. The lowest BCUT2D eigenvalue weighted by Gasteiger charge is -2.31. The molecule has 0 spiro atoms. The number of alkyl halides is 1. The van der Waals surface area contributed by atoms with Crippen LogP contribution in [0.4, 0.5) is 13.2 Å². The smallest absolute Gasteiger partial charge is 0.167 e. The summed E-state index contributed by atoms with van der Waals surface area (Å²) in [5.74, 6) is -1.26. The molecule has 0 aliphatic carbocycles. The van der Waals surface area contributed by atoms with Gasteiger partial charge in [0.25, 0.3) is 0 Å². The minimum atomic E-state index is -1.05. The predicted octanol–water partition coefficient (Wildman–Crippen LogP) is 6.11. The van der Waals surface area contributed by atoms with E-state index in [0.29, 0.717) is 53.0 Å². The van der Waals surface area contributed by atoms with Crippen molar-refractivity contribution in [1.82, 2.24) is 4.90 Å². The first-order valence-electron chi connectivity index (χ1n) is 12.2. The van der Waals surface area contributed by atoms with E-state index in [1.165, 1.54) is 12.1 Å². The Balaban J connectivity index is 1.41. The summed E-state index contributed by atoms with van der Waals surface area (Å²) in [6.07, 6.45) is 0.115. The van der Waals surface area contributed by atoms with Crippen molar-refractivity contribution in [2.24, 2.45) is 5.92 Å². The van der Waals surface area contributed by atoms with Crippen molar-refractivity contribution in [1.29, 1.82) is 0 Å². The lowest BCUT2D eigenvalue weighted by atomic mass is 9.85. The molecule has 2 N–H and O–H groups in total. The van der Waals surface area contributed by atoms with Gasteiger partial charge in [-0.25, -0.2) is 8.78 Å². The number of likely N-dealkylation sites (tertiary alicyclic amines) is 1. The summed E-state index contributed by atoms with van der Waals surface area (Å²) in [5.41, 5.74) is 2.33. The van der Waals surface area contributed by atoms with Gasteiger partial charge in [-0.15, -0.1) is 0 Å². The van der Waals surface area contributed by atoms with E-state index in [2.05, 4.69) is 4.90 Å². The summed E-state index contributed by atoms with van der Waals surface area (Å²) in [6.45, 7) is 4.30. The predicted molar refractivity (Wildman–Crippen MR) is 134 cm³/mol. The zero-order valence-corrected chi connectivity index (χ0v) is 20.4. The fraction of sp³-hybridized carbons (Fsp3) is 0.310. The van der Waals surface area contributed by atoms with Crippen LogP contribution >= 0.6 is 0 Å². The molecule has 5 rings (SSSR count). The van der Waals surface area contributed by atoms with Gasteiger partial charge in [-0.1, -0.05) is 12.1 Å². The molecule has 2 aliphatic rings. The highest BCUT2D eigenvalue weighted by Crippen LogP contribution is 2.48. The van der Waals surface area contributed by atoms with E-state index in [1.807, 2.05) is 12.1 Å². The molecule has 0 saturated carbocycles. The third-order valence-corrected chi connectivity index (χ3v) is 7.05. The van der Waals surface area contributed by atoms with E-state index in [4.69, 9.17) is 9.47 Å². The Hall–Kier alpha value is -3.65. The molecule has 37 heavy (non-hydrogen) atoms. The minimum absolute atomic E-state index is 0.00733. The first-order chi connectivity index (χ1) is 17.8. The van der Waals surface area contributed by atoms with E-state index < -0.39 is 23.5 Å². The zero-order valence-electron chi connectivity index (χ0n) is 20.4. The Kier molecular flexibility index (Phi) is 7.02. The Bertz CT molecular complexity index is 1330. The Morgan fingerprint density at radius 1 is 1.00 bits per heavy atom. The van der Waals surface area contributed by atoms with Crippen molar-refractivity contribution in [2.45, 2.75) is 19.4 Å². The standard InChI is InChI=1S/C29H28F3NO4/c1-17-22-12-20(34)4-7-27(22)37-29(28(17)23-13-26(35)25(32)14-24(23)31)19-2-5-21(6-3-19)36-11-10-33-9-8-18(15-30)16-33/h2-7,12-14,18,29,34-35H,8-11,15-16H2,1H3. The summed E-state index contributed by atoms with van der Waals surface area (Å²) in [7, 11) is 0. The molecule has 2 heterocycles. The number of hydrogen-bond acceptors (Lipinski definition) is 5.